The Hall–Kier alpha value is -0.610. The summed E-state index contributed by atoms with van der Waals surface area (Å²) in [6.07, 6.45) is 17.9. The van der Waals surface area contributed by atoms with Crippen LogP contribution in [0.2, 0.25) is 0 Å². The fraction of sp³-hybridized carbons (Fsp3) is 0.971. The molecule has 0 bridgehead atoms. The molecule has 0 fully saturated rings. The van der Waals surface area contributed by atoms with E-state index in [0.717, 1.165) is 51.4 Å². The van der Waals surface area contributed by atoms with Gasteiger partial charge < -0.3 is 14.9 Å². The minimum absolute atomic E-state index is 0.0636. The first-order chi connectivity index (χ1) is 18.2. The van der Waals surface area contributed by atoms with Gasteiger partial charge in [0.25, 0.3) is 0 Å². The van der Waals surface area contributed by atoms with Crippen molar-refractivity contribution >= 4 is 5.97 Å². The molecule has 0 rings (SSSR count). The molecule has 0 heterocycles. The fourth-order valence-electron chi connectivity index (χ4n) is 6.77. The Bertz CT molecular complexity index is 549. The van der Waals surface area contributed by atoms with Crippen molar-refractivity contribution < 1.29 is 19.7 Å². The summed E-state index contributed by atoms with van der Waals surface area (Å²) in [4.78, 5) is 14.6. The highest BCUT2D eigenvalue weighted by molar-refractivity contribution is 5.78. The van der Waals surface area contributed by atoms with Gasteiger partial charge in [-0.2, -0.15) is 0 Å². The summed E-state index contributed by atoms with van der Waals surface area (Å²) in [6.45, 7) is 17.7. The van der Waals surface area contributed by atoms with E-state index in [2.05, 4.69) is 48.5 Å². The summed E-state index contributed by atoms with van der Waals surface area (Å²) in [5.74, 6) is 1.12. The molecule has 0 aliphatic heterocycles. The molecular formula is C34H68O4. The summed E-state index contributed by atoms with van der Waals surface area (Å²) in [5.41, 5.74) is -1.32. The molecule has 4 heteroatoms. The molecule has 0 aromatic carbocycles. The Balaban J connectivity index is 6.67. The van der Waals surface area contributed by atoms with Gasteiger partial charge in [-0.1, -0.05) is 132 Å². The normalized spacial score (nSPS) is 17.0. The molecular weight excluding hydrogens is 472 g/mol. The molecule has 0 spiro atoms. The maximum absolute atomic E-state index is 14.6. The Morgan fingerprint density at radius 2 is 1.13 bits per heavy atom. The van der Waals surface area contributed by atoms with Crippen LogP contribution >= 0.6 is 0 Å². The molecule has 0 saturated carbocycles. The van der Waals surface area contributed by atoms with Crippen molar-refractivity contribution in [2.45, 2.75) is 158 Å². The molecule has 4 unspecified atom stereocenters. The highest BCUT2D eigenvalue weighted by Crippen LogP contribution is 2.53. The zero-order chi connectivity index (χ0) is 29.0. The van der Waals surface area contributed by atoms with Crippen LogP contribution in [0.4, 0.5) is 0 Å². The molecule has 0 aliphatic rings. The van der Waals surface area contributed by atoms with E-state index in [1.54, 1.807) is 0 Å². The molecule has 4 nitrogen and oxygen atoms in total. The maximum atomic E-state index is 14.6. The molecule has 0 saturated heterocycles. The Kier molecular flexibility index (Phi) is 20.8. The number of carbonyl (C=O) groups is 1. The standard InChI is InChI=1S/C34H68O4/c1-9-14-18-19-20-24-31(28(6)21-15-10-2)34(29(7)22-16-11-3,30(8)23-17-12-4)32(37)38-27-33(13-5,25-35)26-36/h28-31,35-36H,9-27H2,1-8H3. The van der Waals surface area contributed by atoms with Gasteiger partial charge in [0, 0.05) is 0 Å². The van der Waals surface area contributed by atoms with Crippen molar-refractivity contribution in [1.82, 2.24) is 0 Å². The minimum Gasteiger partial charge on any atom is -0.464 e. The van der Waals surface area contributed by atoms with Crippen molar-refractivity contribution in [2.75, 3.05) is 19.8 Å². The molecule has 0 aliphatic carbocycles. The minimum atomic E-state index is -0.774. The van der Waals surface area contributed by atoms with Crippen LogP contribution < -0.4 is 0 Å². The molecule has 38 heavy (non-hydrogen) atoms. The third-order valence-electron chi connectivity index (χ3n) is 9.83. The lowest BCUT2D eigenvalue weighted by Gasteiger charge is -2.50. The van der Waals surface area contributed by atoms with Gasteiger partial charge in [-0.3, -0.25) is 4.79 Å². The highest BCUT2D eigenvalue weighted by Gasteiger charge is 2.55. The number of esters is 1. The molecule has 0 aromatic rings. The Morgan fingerprint density at radius 3 is 1.58 bits per heavy atom. The summed E-state index contributed by atoms with van der Waals surface area (Å²) in [5, 5.41) is 20.1. The summed E-state index contributed by atoms with van der Waals surface area (Å²) >= 11 is 0. The predicted molar refractivity (Wildman–Crippen MR) is 163 cm³/mol. The second-order valence-electron chi connectivity index (χ2n) is 12.7. The molecule has 228 valence electrons. The quantitative estimate of drug-likeness (QED) is 0.0894. The van der Waals surface area contributed by atoms with Crippen LogP contribution in [0.3, 0.4) is 0 Å². The number of ether oxygens (including phenoxy) is 1. The van der Waals surface area contributed by atoms with Gasteiger partial charge in [0.15, 0.2) is 0 Å². The highest BCUT2D eigenvalue weighted by atomic mass is 16.5. The number of unbranched alkanes of at least 4 members (excludes halogenated alkanes) is 7. The maximum Gasteiger partial charge on any atom is 0.312 e. The van der Waals surface area contributed by atoms with E-state index in [9.17, 15) is 15.0 Å². The molecule has 0 radical (unpaired) electrons. The average molecular weight is 541 g/mol. The average Bonchev–Trinajstić information content (AvgIpc) is 2.93. The number of aliphatic hydroxyl groups excluding tert-OH is 2. The zero-order valence-electron chi connectivity index (χ0n) is 27.0. The van der Waals surface area contributed by atoms with Gasteiger partial charge in [0.1, 0.15) is 6.61 Å². The zero-order valence-corrected chi connectivity index (χ0v) is 27.0. The first-order valence-electron chi connectivity index (χ1n) is 16.6. The van der Waals surface area contributed by atoms with E-state index < -0.39 is 10.8 Å². The van der Waals surface area contributed by atoms with Gasteiger partial charge in [0.05, 0.1) is 24.0 Å². The van der Waals surface area contributed by atoms with Crippen LogP contribution in [-0.2, 0) is 9.53 Å². The monoisotopic (exact) mass is 541 g/mol. The first-order valence-corrected chi connectivity index (χ1v) is 16.6. The third kappa shape index (κ3) is 11.1. The van der Waals surface area contributed by atoms with E-state index in [0.29, 0.717) is 12.3 Å². The van der Waals surface area contributed by atoms with E-state index in [1.165, 1.54) is 44.9 Å². The fourth-order valence-corrected chi connectivity index (χ4v) is 6.77. The number of carbonyl (C=O) groups excluding carboxylic acids is 1. The van der Waals surface area contributed by atoms with Crippen molar-refractivity contribution in [1.29, 1.82) is 0 Å². The number of aliphatic hydroxyl groups is 2. The van der Waals surface area contributed by atoms with Crippen LogP contribution in [0, 0.1) is 34.5 Å². The van der Waals surface area contributed by atoms with Crippen LogP contribution in [0.1, 0.15) is 158 Å². The summed E-state index contributed by atoms with van der Waals surface area (Å²) in [6, 6.07) is 0. The van der Waals surface area contributed by atoms with Crippen LogP contribution in [-0.4, -0.2) is 36.0 Å². The van der Waals surface area contributed by atoms with E-state index >= 15 is 0 Å². The second-order valence-corrected chi connectivity index (χ2v) is 12.7. The lowest BCUT2D eigenvalue weighted by Crippen LogP contribution is -2.53. The third-order valence-corrected chi connectivity index (χ3v) is 9.83. The molecule has 0 aromatic heterocycles. The smallest absolute Gasteiger partial charge is 0.312 e. The van der Waals surface area contributed by atoms with Crippen molar-refractivity contribution in [3.8, 4) is 0 Å². The number of hydrogen-bond donors (Lipinski definition) is 2. The molecule has 2 N–H and O–H groups in total. The summed E-state index contributed by atoms with van der Waals surface area (Å²) in [7, 11) is 0. The Labute approximate surface area is 238 Å². The predicted octanol–water partition coefficient (Wildman–Crippen LogP) is 9.35. The number of rotatable bonds is 25. The van der Waals surface area contributed by atoms with Crippen LogP contribution in [0.25, 0.3) is 0 Å². The van der Waals surface area contributed by atoms with Gasteiger partial charge >= 0.3 is 5.97 Å². The first kappa shape index (κ1) is 37.4. The SMILES string of the molecule is CCCCCCCC(C(C)CCCC)C(C(=O)OCC(CC)(CO)CO)(C(C)CCCC)C(C)CCCC. The number of hydrogen-bond acceptors (Lipinski definition) is 4. The van der Waals surface area contributed by atoms with Gasteiger partial charge in [-0.05, 0) is 49.4 Å². The van der Waals surface area contributed by atoms with E-state index in [-0.39, 0.29) is 43.5 Å². The van der Waals surface area contributed by atoms with Gasteiger partial charge in [0.2, 0.25) is 0 Å². The van der Waals surface area contributed by atoms with Crippen molar-refractivity contribution in [3.63, 3.8) is 0 Å². The van der Waals surface area contributed by atoms with Crippen molar-refractivity contribution in [2.24, 2.45) is 34.5 Å². The van der Waals surface area contributed by atoms with E-state index in [4.69, 9.17) is 4.74 Å². The largest absolute Gasteiger partial charge is 0.464 e. The Morgan fingerprint density at radius 1 is 0.658 bits per heavy atom. The van der Waals surface area contributed by atoms with Crippen molar-refractivity contribution in [3.05, 3.63) is 0 Å². The lowest BCUT2D eigenvalue weighted by atomic mass is 9.54. The van der Waals surface area contributed by atoms with Gasteiger partial charge in [-0.15, -0.1) is 0 Å². The summed E-state index contributed by atoms with van der Waals surface area (Å²) < 4.78 is 6.27. The topological polar surface area (TPSA) is 66.8 Å². The molecule has 4 atom stereocenters. The van der Waals surface area contributed by atoms with E-state index in [1.807, 2.05) is 6.92 Å². The van der Waals surface area contributed by atoms with Gasteiger partial charge in [-0.25, -0.2) is 0 Å². The van der Waals surface area contributed by atoms with Crippen LogP contribution in [0.5, 0.6) is 0 Å². The second kappa shape index (κ2) is 21.2. The lowest BCUT2D eigenvalue weighted by molar-refractivity contribution is -0.180. The van der Waals surface area contributed by atoms with Crippen LogP contribution in [0.15, 0.2) is 0 Å². The molecule has 0 amide bonds.